The highest BCUT2D eigenvalue weighted by molar-refractivity contribution is 6.33. The second-order valence-corrected chi connectivity index (χ2v) is 4.35. The van der Waals surface area contributed by atoms with Gasteiger partial charge in [0.05, 0.1) is 6.20 Å². The van der Waals surface area contributed by atoms with E-state index in [1.54, 1.807) is 29.3 Å². The Balaban J connectivity index is 2.00. The lowest BCUT2D eigenvalue weighted by Gasteiger charge is -1.98. The molecule has 3 rings (SSSR count). The monoisotopic (exact) mass is 271 g/mol. The molecule has 0 saturated carbocycles. The second-order valence-electron chi connectivity index (χ2n) is 3.99. The topological polar surface area (TPSA) is 56.5 Å². The molecule has 3 aromatic rings. The molecule has 0 amide bonds. The minimum Gasteiger partial charge on any atom is -0.264 e. The van der Waals surface area contributed by atoms with Gasteiger partial charge >= 0.3 is 0 Å². The SMILES string of the molecule is Cn1ncc2nc(/C=C/c3cccnc3)nc(Cl)c21. The molecule has 0 aliphatic rings. The Kier molecular flexibility index (Phi) is 2.97. The van der Waals surface area contributed by atoms with Gasteiger partial charge in [-0.05, 0) is 23.8 Å². The fourth-order valence-electron chi connectivity index (χ4n) is 1.77. The van der Waals surface area contributed by atoms with Crippen LogP contribution in [0.5, 0.6) is 0 Å². The maximum Gasteiger partial charge on any atom is 0.159 e. The molecule has 0 bridgehead atoms. The highest BCUT2D eigenvalue weighted by Gasteiger charge is 2.08. The van der Waals surface area contributed by atoms with Gasteiger partial charge in [0.1, 0.15) is 11.0 Å². The first-order valence-corrected chi connectivity index (χ1v) is 6.05. The van der Waals surface area contributed by atoms with Gasteiger partial charge in [-0.3, -0.25) is 9.67 Å². The quantitative estimate of drug-likeness (QED) is 0.672. The minimum absolute atomic E-state index is 0.399. The van der Waals surface area contributed by atoms with E-state index in [1.807, 2.05) is 25.3 Å². The second kappa shape index (κ2) is 4.78. The number of hydrogen-bond acceptors (Lipinski definition) is 4. The van der Waals surface area contributed by atoms with Gasteiger partial charge in [0, 0.05) is 19.4 Å². The zero-order valence-corrected chi connectivity index (χ0v) is 10.9. The van der Waals surface area contributed by atoms with Crippen LogP contribution >= 0.6 is 11.6 Å². The number of nitrogens with zero attached hydrogens (tertiary/aromatic N) is 5. The van der Waals surface area contributed by atoms with E-state index in [1.165, 1.54) is 0 Å². The highest BCUT2D eigenvalue weighted by Crippen LogP contribution is 2.19. The minimum atomic E-state index is 0.399. The Bertz CT molecular complexity index is 748. The number of hydrogen-bond donors (Lipinski definition) is 0. The standard InChI is InChI=1S/C13H10ClN5/c1-19-12-10(8-16-19)17-11(18-13(12)14)5-4-9-3-2-6-15-7-9/h2-8H,1H3/b5-4+. The van der Waals surface area contributed by atoms with Crippen molar-refractivity contribution in [2.45, 2.75) is 0 Å². The number of halogens is 1. The molecule has 0 spiro atoms. The summed E-state index contributed by atoms with van der Waals surface area (Å²) in [5, 5.41) is 4.51. The van der Waals surface area contributed by atoms with E-state index >= 15 is 0 Å². The van der Waals surface area contributed by atoms with E-state index in [4.69, 9.17) is 11.6 Å². The molecule has 0 unspecified atom stereocenters. The number of fused-ring (bicyclic) bond motifs is 1. The first-order valence-electron chi connectivity index (χ1n) is 5.67. The molecular weight excluding hydrogens is 262 g/mol. The van der Waals surface area contributed by atoms with Gasteiger partial charge in [-0.15, -0.1) is 0 Å². The summed E-state index contributed by atoms with van der Waals surface area (Å²) < 4.78 is 1.66. The maximum atomic E-state index is 6.13. The van der Waals surface area contributed by atoms with Crippen LogP contribution in [0.1, 0.15) is 11.4 Å². The normalized spacial score (nSPS) is 11.5. The van der Waals surface area contributed by atoms with Crippen LogP contribution in [0.3, 0.4) is 0 Å². The summed E-state index contributed by atoms with van der Waals surface area (Å²) in [5.74, 6) is 0.550. The van der Waals surface area contributed by atoms with Crippen molar-refractivity contribution in [1.82, 2.24) is 24.7 Å². The van der Waals surface area contributed by atoms with Crippen LogP contribution < -0.4 is 0 Å². The molecule has 0 saturated heterocycles. The number of pyridine rings is 1. The third-order valence-corrected chi connectivity index (χ3v) is 2.94. The first kappa shape index (κ1) is 11.8. The Morgan fingerprint density at radius 1 is 1.21 bits per heavy atom. The van der Waals surface area contributed by atoms with Crippen LogP contribution in [0.2, 0.25) is 5.15 Å². The van der Waals surface area contributed by atoms with Gasteiger partial charge < -0.3 is 0 Å². The largest absolute Gasteiger partial charge is 0.264 e. The third kappa shape index (κ3) is 2.32. The summed E-state index contributed by atoms with van der Waals surface area (Å²) in [6.07, 6.45) is 8.85. The molecule has 0 aliphatic heterocycles. The highest BCUT2D eigenvalue weighted by atomic mass is 35.5. The van der Waals surface area contributed by atoms with Gasteiger partial charge in [-0.25, -0.2) is 9.97 Å². The molecule has 19 heavy (non-hydrogen) atoms. The smallest absolute Gasteiger partial charge is 0.159 e. The summed E-state index contributed by atoms with van der Waals surface area (Å²) in [4.78, 5) is 12.7. The average Bonchev–Trinajstić information content (AvgIpc) is 2.80. The summed E-state index contributed by atoms with van der Waals surface area (Å²) in [6, 6.07) is 3.82. The van der Waals surface area contributed by atoms with E-state index in [9.17, 15) is 0 Å². The van der Waals surface area contributed by atoms with Crippen LogP contribution in [0.4, 0.5) is 0 Å². The molecule has 94 valence electrons. The summed E-state index contributed by atoms with van der Waals surface area (Å²) >= 11 is 6.13. The van der Waals surface area contributed by atoms with Crippen molar-refractivity contribution >= 4 is 34.8 Å². The van der Waals surface area contributed by atoms with Crippen molar-refractivity contribution in [2.24, 2.45) is 7.05 Å². The Hall–Kier alpha value is -2.27. The van der Waals surface area contributed by atoms with Gasteiger partial charge in [0.2, 0.25) is 0 Å². The number of aromatic nitrogens is 5. The maximum absolute atomic E-state index is 6.13. The van der Waals surface area contributed by atoms with Crippen molar-refractivity contribution in [3.8, 4) is 0 Å². The Morgan fingerprint density at radius 3 is 2.89 bits per heavy atom. The fraction of sp³-hybridized carbons (Fsp3) is 0.0769. The van der Waals surface area contributed by atoms with Gasteiger partial charge in [0.25, 0.3) is 0 Å². The molecule has 3 heterocycles. The summed E-state index contributed by atoms with van der Waals surface area (Å²) in [5.41, 5.74) is 2.45. The van der Waals surface area contributed by atoms with E-state index in [2.05, 4.69) is 20.1 Å². The molecule has 0 N–H and O–H groups in total. The van der Waals surface area contributed by atoms with Crippen LogP contribution in [-0.4, -0.2) is 24.7 Å². The van der Waals surface area contributed by atoms with E-state index < -0.39 is 0 Å². The molecule has 0 aliphatic carbocycles. The lowest BCUT2D eigenvalue weighted by Crippen LogP contribution is -1.94. The molecule has 5 nitrogen and oxygen atoms in total. The number of aryl methyl sites for hydroxylation is 1. The average molecular weight is 272 g/mol. The van der Waals surface area contributed by atoms with Gasteiger partial charge in [-0.1, -0.05) is 17.7 Å². The van der Waals surface area contributed by atoms with Gasteiger partial charge in [-0.2, -0.15) is 5.10 Å². The van der Waals surface area contributed by atoms with Crippen LogP contribution in [0.25, 0.3) is 23.2 Å². The predicted octanol–water partition coefficient (Wildman–Crippen LogP) is 2.58. The lowest BCUT2D eigenvalue weighted by molar-refractivity contribution is 0.795. The molecule has 0 atom stereocenters. The first-order chi connectivity index (χ1) is 9.24. The molecular formula is C13H10ClN5. The summed E-state index contributed by atoms with van der Waals surface area (Å²) in [6.45, 7) is 0. The van der Waals surface area contributed by atoms with Gasteiger partial charge in [0.15, 0.2) is 11.0 Å². The third-order valence-electron chi connectivity index (χ3n) is 2.67. The van der Waals surface area contributed by atoms with Crippen LogP contribution in [0, 0.1) is 0 Å². The van der Waals surface area contributed by atoms with Crippen molar-refractivity contribution < 1.29 is 0 Å². The molecule has 6 heteroatoms. The van der Waals surface area contributed by atoms with E-state index in [0.717, 1.165) is 16.6 Å². The fourth-order valence-corrected chi connectivity index (χ4v) is 2.07. The zero-order chi connectivity index (χ0) is 13.2. The molecule has 0 fully saturated rings. The van der Waals surface area contributed by atoms with Crippen molar-refractivity contribution in [3.63, 3.8) is 0 Å². The Morgan fingerprint density at radius 2 is 2.11 bits per heavy atom. The van der Waals surface area contributed by atoms with Crippen molar-refractivity contribution in [3.05, 3.63) is 47.3 Å². The van der Waals surface area contributed by atoms with E-state index in [-0.39, 0.29) is 0 Å². The summed E-state index contributed by atoms with van der Waals surface area (Å²) in [7, 11) is 1.81. The predicted molar refractivity (Wildman–Crippen MR) is 74.5 cm³/mol. The molecule has 0 aromatic carbocycles. The van der Waals surface area contributed by atoms with Crippen LogP contribution in [0.15, 0.2) is 30.7 Å². The molecule has 0 radical (unpaired) electrons. The molecule has 3 aromatic heterocycles. The van der Waals surface area contributed by atoms with Crippen molar-refractivity contribution in [2.75, 3.05) is 0 Å². The van der Waals surface area contributed by atoms with Crippen molar-refractivity contribution in [1.29, 1.82) is 0 Å². The number of rotatable bonds is 2. The van der Waals surface area contributed by atoms with Crippen LogP contribution in [-0.2, 0) is 7.05 Å². The zero-order valence-electron chi connectivity index (χ0n) is 10.2. The lowest BCUT2D eigenvalue weighted by atomic mass is 10.2. The Labute approximate surface area is 114 Å². The van der Waals surface area contributed by atoms with E-state index in [0.29, 0.717) is 11.0 Å².